The van der Waals surface area contributed by atoms with Gasteiger partial charge in [-0.1, -0.05) is 0 Å². The van der Waals surface area contributed by atoms with E-state index in [0.29, 0.717) is 6.54 Å². The zero-order chi connectivity index (χ0) is 11.5. The summed E-state index contributed by atoms with van der Waals surface area (Å²) in [5.41, 5.74) is 1.19. The number of carbonyl (C=O) groups is 1. The zero-order valence-corrected chi connectivity index (χ0v) is 11.7. The molecule has 88 valence electrons. The van der Waals surface area contributed by atoms with Crippen molar-refractivity contribution in [1.82, 2.24) is 9.80 Å². The lowest BCUT2D eigenvalue weighted by Gasteiger charge is -2.23. The predicted molar refractivity (Wildman–Crippen MR) is 69.7 cm³/mol. The zero-order valence-electron chi connectivity index (χ0n) is 9.28. The molecule has 0 unspecified atom stereocenters. The van der Waals surface area contributed by atoms with Crippen molar-refractivity contribution in [2.75, 3.05) is 20.1 Å². The summed E-state index contributed by atoms with van der Waals surface area (Å²) in [7, 11) is 1.87. The first kappa shape index (κ1) is 11.9. The van der Waals surface area contributed by atoms with Crippen LogP contribution >= 0.6 is 27.3 Å². The highest BCUT2D eigenvalue weighted by Crippen LogP contribution is 2.22. The Labute approximate surface area is 108 Å². The molecule has 1 aliphatic heterocycles. The molecule has 2 amide bonds. The lowest BCUT2D eigenvalue weighted by Crippen LogP contribution is -2.38. The second-order valence-corrected chi connectivity index (χ2v) is 6.38. The number of likely N-dealkylation sites (tertiary alicyclic amines) is 1. The van der Waals surface area contributed by atoms with E-state index in [2.05, 4.69) is 27.4 Å². The molecule has 16 heavy (non-hydrogen) atoms. The van der Waals surface area contributed by atoms with Gasteiger partial charge in [0.2, 0.25) is 0 Å². The molecule has 0 aromatic carbocycles. The number of rotatable bonds is 2. The average molecular weight is 303 g/mol. The molecule has 0 spiro atoms. The molecule has 5 heteroatoms. The van der Waals surface area contributed by atoms with Crippen LogP contribution in [0, 0.1) is 0 Å². The molecule has 1 fully saturated rings. The topological polar surface area (TPSA) is 23.6 Å². The van der Waals surface area contributed by atoms with Gasteiger partial charge in [-0.25, -0.2) is 4.79 Å². The van der Waals surface area contributed by atoms with Gasteiger partial charge < -0.3 is 9.80 Å². The van der Waals surface area contributed by atoms with Crippen LogP contribution in [0.3, 0.4) is 0 Å². The average Bonchev–Trinajstić information content (AvgIpc) is 2.88. The van der Waals surface area contributed by atoms with E-state index >= 15 is 0 Å². The molecule has 2 rings (SSSR count). The Balaban J connectivity index is 1.91. The van der Waals surface area contributed by atoms with Gasteiger partial charge in [0, 0.05) is 26.7 Å². The quantitative estimate of drug-likeness (QED) is 0.823. The van der Waals surface area contributed by atoms with Crippen molar-refractivity contribution in [3.8, 4) is 0 Å². The number of halogens is 1. The van der Waals surface area contributed by atoms with Crippen molar-refractivity contribution in [1.29, 1.82) is 0 Å². The summed E-state index contributed by atoms with van der Waals surface area (Å²) >= 11 is 5.09. The maximum atomic E-state index is 12.0. The highest BCUT2D eigenvalue weighted by Gasteiger charge is 2.21. The molecule has 0 radical (unpaired) electrons. The van der Waals surface area contributed by atoms with Crippen LogP contribution in [-0.4, -0.2) is 36.0 Å². The lowest BCUT2D eigenvalue weighted by molar-refractivity contribution is 0.171. The van der Waals surface area contributed by atoms with Gasteiger partial charge in [-0.15, -0.1) is 11.3 Å². The molecule has 1 aromatic heterocycles. The minimum absolute atomic E-state index is 0.153. The Morgan fingerprint density at radius 1 is 1.56 bits per heavy atom. The summed E-state index contributed by atoms with van der Waals surface area (Å²) in [5, 5.41) is 2.08. The van der Waals surface area contributed by atoms with Crippen LogP contribution in [0.5, 0.6) is 0 Å². The van der Waals surface area contributed by atoms with Crippen molar-refractivity contribution in [2.45, 2.75) is 19.4 Å². The van der Waals surface area contributed by atoms with Crippen LogP contribution < -0.4 is 0 Å². The van der Waals surface area contributed by atoms with Crippen molar-refractivity contribution in [3.63, 3.8) is 0 Å². The predicted octanol–water partition coefficient (Wildman–Crippen LogP) is 3.16. The molecule has 0 aliphatic carbocycles. The van der Waals surface area contributed by atoms with Crippen LogP contribution in [0.4, 0.5) is 4.79 Å². The SMILES string of the molecule is CN(Cc1csc(Br)c1)C(=O)N1CCCC1. The monoisotopic (exact) mass is 302 g/mol. The highest BCUT2D eigenvalue weighted by atomic mass is 79.9. The van der Waals surface area contributed by atoms with Gasteiger partial charge in [0.15, 0.2) is 0 Å². The van der Waals surface area contributed by atoms with Gasteiger partial charge in [0.25, 0.3) is 0 Å². The minimum atomic E-state index is 0.153. The first-order valence-electron chi connectivity index (χ1n) is 5.40. The van der Waals surface area contributed by atoms with Crippen LogP contribution in [0.2, 0.25) is 0 Å². The molecular formula is C11H15BrN2OS. The fourth-order valence-electron chi connectivity index (χ4n) is 1.92. The fourth-order valence-corrected chi connectivity index (χ4v) is 3.12. The van der Waals surface area contributed by atoms with Crippen molar-refractivity contribution < 1.29 is 4.79 Å². The second kappa shape index (κ2) is 5.19. The van der Waals surface area contributed by atoms with E-state index < -0.39 is 0 Å². The maximum absolute atomic E-state index is 12.0. The van der Waals surface area contributed by atoms with E-state index in [1.165, 1.54) is 5.56 Å². The Morgan fingerprint density at radius 2 is 2.25 bits per heavy atom. The lowest BCUT2D eigenvalue weighted by atomic mass is 10.3. The van der Waals surface area contributed by atoms with Crippen LogP contribution in [0.25, 0.3) is 0 Å². The second-order valence-electron chi connectivity index (χ2n) is 4.09. The maximum Gasteiger partial charge on any atom is 0.320 e. The van der Waals surface area contributed by atoms with E-state index in [-0.39, 0.29) is 6.03 Å². The summed E-state index contributed by atoms with van der Waals surface area (Å²) in [4.78, 5) is 15.7. The molecule has 1 aliphatic rings. The van der Waals surface area contributed by atoms with Gasteiger partial charge in [-0.05, 0) is 45.8 Å². The fraction of sp³-hybridized carbons (Fsp3) is 0.545. The summed E-state index contributed by atoms with van der Waals surface area (Å²) in [5.74, 6) is 0. The Kier molecular flexibility index (Phi) is 3.86. The Morgan fingerprint density at radius 3 is 2.81 bits per heavy atom. The number of hydrogen-bond acceptors (Lipinski definition) is 2. The van der Waals surface area contributed by atoms with E-state index in [1.54, 1.807) is 16.2 Å². The van der Waals surface area contributed by atoms with E-state index in [0.717, 1.165) is 29.7 Å². The van der Waals surface area contributed by atoms with Gasteiger partial charge in [0.05, 0.1) is 3.79 Å². The minimum Gasteiger partial charge on any atom is -0.325 e. The van der Waals surface area contributed by atoms with Gasteiger partial charge in [-0.3, -0.25) is 0 Å². The van der Waals surface area contributed by atoms with Gasteiger partial charge >= 0.3 is 6.03 Å². The van der Waals surface area contributed by atoms with Gasteiger partial charge in [-0.2, -0.15) is 0 Å². The standard InChI is InChI=1S/C11H15BrN2OS/c1-13(7-9-6-10(12)16-8-9)11(15)14-4-2-3-5-14/h6,8H,2-5,7H2,1H3. The first-order valence-corrected chi connectivity index (χ1v) is 7.07. The Bertz CT molecular complexity index is 374. The molecule has 3 nitrogen and oxygen atoms in total. The number of amides is 2. The molecular weight excluding hydrogens is 288 g/mol. The van der Waals surface area contributed by atoms with Crippen molar-refractivity contribution in [3.05, 3.63) is 20.8 Å². The summed E-state index contributed by atoms with van der Waals surface area (Å²) in [6, 6.07) is 2.22. The van der Waals surface area contributed by atoms with E-state index in [9.17, 15) is 4.79 Å². The summed E-state index contributed by atoms with van der Waals surface area (Å²) in [6.07, 6.45) is 2.28. The Hall–Kier alpha value is -0.550. The normalized spacial score (nSPS) is 15.5. The van der Waals surface area contributed by atoms with Crippen molar-refractivity contribution in [2.24, 2.45) is 0 Å². The third-order valence-electron chi connectivity index (χ3n) is 2.74. The van der Waals surface area contributed by atoms with Crippen LogP contribution in [-0.2, 0) is 6.54 Å². The number of hydrogen-bond donors (Lipinski definition) is 0. The molecule has 0 atom stereocenters. The largest absolute Gasteiger partial charge is 0.325 e. The highest BCUT2D eigenvalue weighted by molar-refractivity contribution is 9.11. The van der Waals surface area contributed by atoms with Crippen LogP contribution in [0.1, 0.15) is 18.4 Å². The third-order valence-corrected chi connectivity index (χ3v) is 4.30. The number of carbonyl (C=O) groups excluding carboxylic acids is 1. The number of nitrogens with zero attached hydrogens (tertiary/aromatic N) is 2. The first-order chi connectivity index (χ1) is 7.66. The van der Waals surface area contributed by atoms with Gasteiger partial charge in [0.1, 0.15) is 0 Å². The van der Waals surface area contributed by atoms with E-state index in [4.69, 9.17) is 0 Å². The van der Waals surface area contributed by atoms with E-state index in [1.807, 2.05) is 11.9 Å². The smallest absolute Gasteiger partial charge is 0.320 e. The van der Waals surface area contributed by atoms with Crippen LogP contribution in [0.15, 0.2) is 15.2 Å². The molecule has 1 aromatic rings. The molecule has 0 bridgehead atoms. The third kappa shape index (κ3) is 2.77. The molecule has 1 saturated heterocycles. The number of thiophene rings is 1. The molecule has 2 heterocycles. The van der Waals surface area contributed by atoms with Crippen molar-refractivity contribution >= 4 is 33.3 Å². The summed E-state index contributed by atoms with van der Waals surface area (Å²) in [6.45, 7) is 2.52. The molecule has 0 saturated carbocycles. The molecule has 0 N–H and O–H groups in total. The number of urea groups is 1. The summed E-state index contributed by atoms with van der Waals surface area (Å²) < 4.78 is 1.12.